The van der Waals surface area contributed by atoms with E-state index < -0.39 is 11.7 Å². The fourth-order valence-corrected chi connectivity index (χ4v) is 2.23. The topological polar surface area (TPSA) is 34.1 Å². The molecule has 0 radical (unpaired) electrons. The van der Waals surface area contributed by atoms with Crippen LogP contribution in [-0.2, 0) is 10.9 Å². The van der Waals surface area contributed by atoms with E-state index in [9.17, 15) is 13.2 Å². The average Bonchev–Trinajstić information content (AvgIpc) is 2.76. The Kier molecular flexibility index (Phi) is 3.75. The summed E-state index contributed by atoms with van der Waals surface area (Å²) in [5.74, 6) is -0.0910. The molecule has 1 aromatic heterocycles. The van der Waals surface area contributed by atoms with Gasteiger partial charge in [0.2, 0.25) is 0 Å². The smallest absolute Gasteiger partial charge is 0.381 e. The maximum absolute atomic E-state index is 12.8. The third kappa shape index (κ3) is 2.93. The first kappa shape index (κ1) is 13.1. The molecule has 1 saturated carbocycles. The van der Waals surface area contributed by atoms with Crippen molar-refractivity contribution in [2.45, 2.75) is 37.6 Å². The summed E-state index contributed by atoms with van der Waals surface area (Å²) in [7, 11) is 1.62. The van der Waals surface area contributed by atoms with Gasteiger partial charge in [-0.3, -0.25) is 0 Å². The second kappa shape index (κ2) is 5.14. The number of hydrogen-bond donors (Lipinski definition) is 1. The molecule has 2 atom stereocenters. The lowest BCUT2D eigenvalue weighted by Crippen LogP contribution is -2.21. The molecule has 1 N–H and O–H groups in total. The Bertz CT molecular complexity index is 409. The predicted molar refractivity (Wildman–Crippen MR) is 61.3 cm³/mol. The molecule has 2 rings (SSSR count). The lowest BCUT2D eigenvalue weighted by atomic mass is 10.2. The Hall–Kier alpha value is -1.30. The Balaban J connectivity index is 2.10. The van der Waals surface area contributed by atoms with Crippen LogP contribution in [0.25, 0.3) is 0 Å². The lowest BCUT2D eigenvalue weighted by molar-refractivity contribution is -0.137. The fourth-order valence-electron chi connectivity index (χ4n) is 2.23. The van der Waals surface area contributed by atoms with Gasteiger partial charge in [-0.05, 0) is 31.4 Å². The van der Waals surface area contributed by atoms with Gasteiger partial charge in [-0.1, -0.05) is 0 Å². The number of rotatable bonds is 3. The Labute approximate surface area is 103 Å². The quantitative estimate of drug-likeness (QED) is 0.906. The van der Waals surface area contributed by atoms with Gasteiger partial charge in [0.25, 0.3) is 0 Å². The van der Waals surface area contributed by atoms with E-state index in [1.165, 1.54) is 12.3 Å². The Morgan fingerprint density at radius 1 is 1.39 bits per heavy atom. The van der Waals surface area contributed by atoms with Crippen molar-refractivity contribution >= 4 is 5.82 Å². The van der Waals surface area contributed by atoms with Crippen LogP contribution in [0.4, 0.5) is 19.0 Å². The first-order valence-corrected chi connectivity index (χ1v) is 5.82. The van der Waals surface area contributed by atoms with Crippen molar-refractivity contribution < 1.29 is 17.9 Å². The number of anilines is 1. The summed E-state index contributed by atoms with van der Waals surface area (Å²) in [5, 5.41) is 2.87. The van der Waals surface area contributed by atoms with Gasteiger partial charge in [0.05, 0.1) is 11.7 Å². The number of alkyl halides is 3. The van der Waals surface area contributed by atoms with Crippen LogP contribution in [0.5, 0.6) is 0 Å². The van der Waals surface area contributed by atoms with Crippen LogP contribution in [-0.4, -0.2) is 24.2 Å². The molecule has 1 aliphatic rings. The van der Waals surface area contributed by atoms with Crippen molar-refractivity contribution in [3.8, 4) is 0 Å². The molecule has 1 aromatic rings. The van der Waals surface area contributed by atoms with E-state index in [-0.39, 0.29) is 18.0 Å². The highest BCUT2D eigenvalue weighted by atomic mass is 19.4. The minimum atomic E-state index is -4.38. The summed E-state index contributed by atoms with van der Waals surface area (Å²) in [6.45, 7) is 0. The molecule has 3 nitrogen and oxygen atoms in total. The lowest BCUT2D eigenvalue weighted by Gasteiger charge is -2.17. The zero-order chi connectivity index (χ0) is 13.2. The van der Waals surface area contributed by atoms with Gasteiger partial charge in [-0.25, -0.2) is 4.98 Å². The van der Waals surface area contributed by atoms with Gasteiger partial charge < -0.3 is 10.1 Å². The molecule has 2 unspecified atom stereocenters. The summed E-state index contributed by atoms with van der Waals surface area (Å²) < 4.78 is 43.5. The van der Waals surface area contributed by atoms with E-state index >= 15 is 0 Å². The van der Waals surface area contributed by atoms with E-state index in [1.54, 1.807) is 7.11 Å². The minimum Gasteiger partial charge on any atom is -0.381 e. The van der Waals surface area contributed by atoms with Gasteiger partial charge in [0.1, 0.15) is 5.82 Å². The second-order valence-corrected chi connectivity index (χ2v) is 4.41. The summed E-state index contributed by atoms with van der Waals surface area (Å²) in [4.78, 5) is 3.79. The number of hydrogen-bond acceptors (Lipinski definition) is 3. The van der Waals surface area contributed by atoms with Crippen molar-refractivity contribution in [3.63, 3.8) is 0 Å². The molecule has 0 aromatic carbocycles. The SMILES string of the molecule is COC1CCC(Nc2ncccc2C(F)(F)F)C1. The molecule has 18 heavy (non-hydrogen) atoms. The van der Waals surface area contributed by atoms with Crippen molar-refractivity contribution in [2.75, 3.05) is 12.4 Å². The largest absolute Gasteiger partial charge is 0.419 e. The van der Waals surface area contributed by atoms with Crippen molar-refractivity contribution in [3.05, 3.63) is 23.9 Å². The summed E-state index contributed by atoms with van der Waals surface area (Å²) in [6.07, 6.45) is -0.518. The average molecular weight is 260 g/mol. The first-order chi connectivity index (χ1) is 8.50. The number of pyridine rings is 1. The normalized spacial score (nSPS) is 24.2. The van der Waals surface area contributed by atoms with Crippen molar-refractivity contribution in [1.29, 1.82) is 0 Å². The van der Waals surface area contributed by atoms with Crippen LogP contribution >= 0.6 is 0 Å². The van der Waals surface area contributed by atoms with Crippen LogP contribution in [0.2, 0.25) is 0 Å². The molecule has 6 heteroatoms. The minimum absolute atomic E-state index is 0.00838. The Morgan fingerprint density at radius 3 is 2.78 bits per heavy atom. The fraction of sp³-hybridized carbons (Fsp3) is 0.583. The van der Waals surface area contributed by atoms with Gasteiger partial charge in [0.15, 0.2) is 0 Å². The number of ether oxygens (including phenoxy) is 1. The van der Waals surface area contributed by atoms with Gasteiger partial charge >= 0.3 is 6.18 Å². The molecule has 0 saturated heterocycles. The molecule has 0 bridgehead atoms. The first-order valence-electron chi connectivity index (χ1n) is 5.82. The van der Waals surface area contributed by atoms with E-state index in [1.807, 2.05) is 0 Å². The highest BCUT2D eigenvalue weighted by Crippen LogP contribution is 2.34. The van der Waals surface area contributed by atoms with Crippen molar-refractivity contribution in [1.82, 2.24) is 4.98 Å². The molecule has 0 amide bonds. The third-order valence-corrected chi connectivity index (χ3v) is 3.17. The van der Waals surface area contributed by atoms with Crippen LogP contribution in [0, 0.1) is 0 Å². The standard InChI is InChI=1S/C12H15F3N2O/c1-18-9-5-4-8(7-9)17-11-10(12(13,14)15)3-2-6-16-11/h2-3,6,8-9H,4-5,7H2,1H3,(H,16,17). The second-order valence-electron chi connectivity index (χ2n) is 4.41. The number of halogens is 3. The van der Waals surface area contributed by atoms with Gasteiger partial charge in [-0.15, -0.1) is 0 Å². The highest BCUT2D eigenvalue weighted by Gasteiger charge is 2.35. The van der Waals surface area contributed by atoms with Gasteiger partial charge in [-0.2, -0.15) is 13.2 Å². The molecule has 1 heterocycles. The maximum Gasteiger partial charge on any atom is 0.419 e. The molecule has 100 valence electrons. The molecule has 1 fully saturated rings. The van der Waals surface area contributed by atoms with Crippen LogP contribution in [0.3, 0.4) is 0 Å². The molecule has 0 aliphatic heterocycles. The van der Waals surface area contributed by atoms with E-state index in [4.69, 9.17) is 4.74 Å². The van der Waals surface area contributed by atoms with Crippen LogP contribution < -0.4 is 5.32 Å². The third-order valence-electron chi connectivity index (χ3n) is 3.17. The Morgan fingerprint density at radius 2 is 2.17 bits per heavy atom. The van der Waals surface area contributed by atoms with Crippen LogP contribution in [0.15, 0.2) is 18.3 Å². The molecular weight excluding hydrogens is 245 g/mol. The number of aromatic nitrogens is 1. The monoisotopic (exact) mass is 260 g/mol. The van der Waals surface area contributed by atoms with Crippen molar-refractivity contribution in [2.24, 2.45) is 0 Å². The number of methoxy groups -OCH3 is 1. The molecule has 1 aliphatic carbocycles. The predicted octanol–water partition coefficient (Wildman–Crippen LogP) is 3.08. The van der Waals surface area contributed by atoms with Crippen LogP contribution in [0.1, 0.15) is 24.8 Å². The number of nitrogens with zero attached hydrogens (tertiary/aromatic N) is 1. The van der Waals surface area contributed by atoms with E-state index in [0.29, 0.717) is 6.42 Å². The summed E-state index contributed by atoms with van der Waals surface area (Å²) in [6, 6.07) is 2.32. The van der Waals surface area contributed by atoms with E-state index in [2.05, 4.69) is 10.3 Å². The zero-order valence-electron chi connectivity index (χ0n) is 10.00. The maximum atomic E-state index is 12.8. The molecular formula is C12H15F3N2O. The van der Waals surface area contributed by atoms with E-state index in [0.717, 1.165) is 18.9 Å². The summed E-state index contributed by atoms with van der Waals surface area (Å²) in [5.41, 5.74) is -0.717. The highest BCUT2D eigenvalue weighted by molar-refractivity contribution is 5.46. The van der Waals surface area contributed by atoms with Gasteiger partial charge in [0, 0.05) is 19.3 Å². The number of nitrogens with one attached hydrogen (secondary N) is 1. The zero-order valence-corrected chi connectivity index (χ0v) is 10.00. The summed E-state index contributed by atoms with van der Waals surface area (Å²) >= 11 is 0. The molecule has 0 spiro atoms.